The standard InChI is InChI=1S/C20H23ClN2S/c21-16-3-1-15(2-4-16)17-8-18(23-19(24)22-17)20-9-12-5-13(10-20)7-14(6-12)11-20/h1-4,8,12-14,17H,5-7,9-11H2,(H2,22,23,24)/t12?,13?,14?,17-,20?/m1/s1. The lowest BCUT2D eigenvalue weighted by Crippen LogP contribution is -2.53. The van der Waals surface area contributed by atoms with Gasteiger partial charge < -0.3 is 10.6 Å². The minimum Gasteiger partial charge on any atom is -0.352 e. The molecule has 4 bridgehead atoms. The van der Waals surface area contributed by atoms with Crippen molar-refractivity contribution in [3.8, 4) is 0 Å². The third-order valence-electron chi connectivity index (χ3n) is 6.71. The van der Waals surface area contributed by atoms with Gasteiger partial charge in [0, 0.05) is 16.1 Å². The highest BCUT2D eigenvalue weighted by atomic mass is 35.5. The Morgan fingerprint density at radius 2 is 1.54 bits per heavy atom. The van der Waals surface area contributed by atoms with Crippen LogP contribution in [0.2, 0.25) is 5.02 Å². The molecule has 6 rings (SSSR count). The van der Waals surface area contributed by atoms with Crippen molar-refractivity contribution in [3.63, 3.8) is 0 Å². The van der Waals surface area contributed by atoms with E-state index in [2.05, 4.69) is 28.8 Å². The van der Waals surface area contributed by atoms with Gasteiger partial charge in [0.1, 0.15) is 0 Å². The summed E-state index contributed by atoms with van der Waals surface area (Å²) in [5, 5.41) is 8.50. The molecule has 2 nitrogen and oxygen atoms in total. The summed E-state index contributed by atoms with van der Waals surface area (Å²) in [6, 6.07) is 8.27. The Kier molecular flexibility index (Phi) is 3.47. The Morgan fingerprint density at radius 1 is 0.958 bits per heavy atom. The Morgan fingerprint density at radius 3 is 2.12 bits per heavy atom. The molecule has 4 saturated carbocycles. The molecular formula is C20H23ClN2S. The minimum atomic E-state index is 0.152. The Hall–Kier alpha value is -1.06. The highest BCUT2D eigenvalue weighted by molar-refractivity contribution is 7.80. The van der Waals surface area contributed by atoms with Gasteiger partial charge in [-0.1, -0.05) is 23.7 Å². The topological polar surface area (TPSA) is 24.1 Å². The molecule has 0 saturated heterocycles. The number of nitrogens with one attached hydrogen (secondary N) is 2. The summed E-state index contributed by atoms with van der Waals surface area (Å²) in [6.07, 6.45) is 10.9. The van der Waals surface area contributed by atoms with E-state index >= 15 is 0 Å². The van der Waals surface area contributed by atoms with Crippen molar-refractivity contribution >= 4 is 28.9 Å². The summed E-state index contributed by atoms with van der Waals surface area (Å²) in [6.45, 7) is 0. The molecule has 0 unspecified atom stereocenters. The molecular weight excluding hydrogens is 336 g/mol. The SMILES string of the molecule is S=C1NC(C23CC4CC(CC(C4)C2)C3)=C[C@H](c2ccc(Cl)cc2)N1. The zero-order chi connectivity index (χ0) is 16.3. The molecule has 1 aromatic rings. The first kappa shape index (κ1) is 15.2. The average Bonchev–Trinajstić information content (AvgIpc) is 2.54. The van der Waals surface area contributed by atoms with Gasteiger partial charge in [0.05, 0.1) is 6.04 Å². The van der Waals surface area contributed by atoms with E-state index in [9.17, 15) is 0 Å². The molecule has 2 N–H and O–H groups in total. The maximum absolute atomic E-state index is 6.04. The lowest BCUT2D eigenvalue weighted by Gasteiger charge is -2.58. The Bertz CT molecular complexity index is 674. The molecule has 1 heterocycles. The summed E-state index contributed by atoms with van der Waals surface area (Å²) in [4.78, 5) is 0. The van der Waals surface area contributed by atoms with E-state index < -0.39 is 0 Å². The van der Waals surface area contributed by atoms with Gasteiger partial charge in [-0.05, 0) is 92.3 Å². The second kappa shape index (κ2) is 5.47. The van der Waals surface area contributed by atoms with E-state index in [-0.39, 0.29) is 6.04 Å². The Labute approximate surface area is 154 Å². The van der Waals surface area contributed by atoms with Crippen molar-refractivity contribution in [1.29, 1.82) is 0 Å². The monoisotopic (exact) mass is 358 g/mol. The summed E-state index contributed by atoms with van der Waals surface area (Å²) < 4.78 is 0. The van der Waals surface area contributed by atoms with Crippen LogP contribution in [0, 0.1) is 23.2 Å². The predicted octanol–water partition coefficient (Wildman–Crippen LogP) is 4.96. The zero-order valence-corrected chi connectivity index (χ0v) is 15.3. The molecule has 0 amide bonds. The number of hydrogen-bond donors (Lipinski definition) is 2. The van der Waals surface area contributed by atoms with E-state index in [1.165, 1.54) is 49.8 Å². The van der Waals surface area contributed by atoms with Gasteiger partial charge in [0.15, 0.2) is 5.11 Å². The number of thiocarbonyl (C=S) groups is 1. The second-order valence-corrected chi connectivity index (χ2v) is 9.25. The minimum absolute atomic E-state index is 0.152. The summed E-state index contributed by atoms with van der Waals surface area (Å²) in [5.41, 5.74) is 2.97. The smallest absolute Gasteiger partial charge is 0.171 e. The van der Waals surface area contributed by atoms with E-state index in [1.807, 2.05) is 12.1 Å². The van der Waals surface area contributed by atoms with Crippen LogP contribution in [0.5, 0.6) is 0 Å². The van der Waals surface area contributed by atoms with Crippen LogP contribution in [0.1, 0.15) is 50.1 Å². The van der Waals surface area contributed by atoms with Gasteiger partial charge in [-0.2, -0.15) is 0 Å². The first-order chi connectivity index (χ1) is 11.6. The molecule has 4 aliphatic carbocycles. The van der Waals surface area contributed by atoms with E-state index in [0.717, 1.165) is 27.9 Å². The largest absolute Gasteiger partial charge is 0.352 e. The van der Waals surface area contributed by atoms with Gasteiger partial charge in [0.25, 0.3) is 0 Å². The van der Waals surface area contributed by atoms with Gasteiger partial charge in [-0.15, -0.1) is 0 Å². The molecule has 0 aromatic heterocycles. The number of rotatable bonds is 2. The number of hydrogen-bond acceptors (Lipinski definition) is 1. The molecule has 1 aromatic carbocycles. The van der Waals surface area contributed by atoms with Crippen molar-refractivity contribution in [2.24, 2.45) is 23.2 Å². The lowest BCUT2D eigenvalue weighted by molar-refractivity contribution is -0.0331. The number of allylic oxidation sites excluding steroid dienone is 1. The predicted molar refractivity (Wildman–Crippen MR) is 102 cm³/mol. The van der Waals surface area contributed by atoms with Crippen molar-refractivity contribution in [3.05, 3.63) is 46.6 Å². The van der Waals surface area contributed by atoms with Crippen LogP contribution >= 0.6 is 23.8 Å². The van der Waals surface area contributed by atoms with Crippen molar-refractivity contribution in [2.45, 2.75) is 44.6 Å². The molecule has 0 spiro atoms. The van der Waals surface area contributed by atoms with E-state index in [4.69, 9.17) is 23.8 Å². The maximum atomic E-state index is 6.04. The normalized spacial score (nSPS) is 40.0. The zero-order valence-electron chi connectivity index (χ0n) is 13.7. The molecule has 126 valence electrons. The molecule has 5 aliphatic rings. The van der Waals surface area contributed by atoms with Crippen LogP contribution in [-0.4, -0.2) is 5.11 Å². The van der Waals surface area contributed by atoms with Crippen molar-refractivity contribution in [1.82, 2.24) is 10.6 Å². The van der Waals surface area contributed by atoms with Crippen LogP contribution in [0.4, 0.5) is 0 Å². The number of halogens is 1. The first-order valence-corrected chi connectivity index (χ1v) is 9.93. The van der Waals surface area contributed by atoms with Gasteiger partial charge >= 0.3 is 0 Å². The van der Waals surface area contributed by atoms with Gasteiger partial charge in [-0.25, -0.2) is 0 Å². The van der Waals surface area contributed by atoms with Crippen LogP contribution in [-0.2, 0) is 0 Å². The fourth-order valence-corrected chi connectivity index (χ4v) is 6.51. The Balaban J connectivity index is 1.50. The van der Waals surface area contributed by atoms with E-state index in [0.29, 0.717) is 5.41 Å². The maximum Gasteiger partial charge on any atom is 0.171 e. The summed E-state index contributed by atoms with van der Waals surface area (Å²) in [7, 11) is 0. The molecule has 1 aliphatic heterocycles. The van der Waals surface area contributed by atoms with Crippen LogP contribution < -0.4 is 10.6 Å². The van der Waals surface area contributed by atoms with E-state index in [1.54, 1.807) is 0 Å². The van der Waals surface area contributed by atoms with Crippen LogP contribution in [0.3, 0.4) is 0 Å². The lowest BCUT2D eigenvalue weighted by atomic mass is 9.48. The average molecular weight is 359 g/mol. The highest BCUT2D eigenvalue weighted by Crippen LogP contribution is 2.62. The fourth-order valence-electron chi connectivity index (χ4n) is 6.15. The van der Waals surface area contributed by atoms with Gasteiger partial charge in [0.2, 0.25) is 0 Å². The van der Waals surface area contributed by atoms with Gasteiger partial charge in [-0.3, -0.25) is 0 Å². The van der Waals surface area contributed by atoms with Crippen molar-refractivity contribution < 1.29 is 0 Å². The third kappa shape index (κ3) is 2.48. The summed E-state index contributed by atoms with van der Waals surface area (Å²) >= 11 is 11.6. The number of benzene rings is 1. The quantitative estimate of drug-likeness (QED) is 0.731. The molecule has 0 radical (unpaired) electrons. The highest BCUT2D eigenvalue weighted by Gasteiger charge is 2.53. The molecule has 4 heteroatoms. The first-order valence-electron chi connectivity index (χ1n) is 9.15. The summed E-state index contributed by atoms with van der Waals surface area (Å²) in [5.74, 6) is 2.82. The second-order valence-electron chi connectivity index (χ2n) is 8.41. The van der Waals surface area contributed by atoms with Crippen molar-refractivity contribution in [2.75, 3.05) is 0 Å². The molecule has 4 fully saturated rings. The van der Waals surface area contributed by atoms with Crippen LogP contribution in [0.15, 0.2) is 36.0 Å². The third-order valence-corrected chi connectivity index (χ3v) is 7.18. The molecule has 24 heavy (non-hydrogen) atoms. The van der Waals surface area contributed by atoms with Crippen LogP contribution in [0.25, 0.3) is 0 Å². The molecule has 1 atom stereocenters. The fraction of sp³-hybridized carbons (Fsp3) is 0.550.